The van der Waals surface area contributed by atoms with Crippen molar-refractivity contribution in [2.45, 2.75) is 43.7 Å². The molecule has 102 valence electrons. The highest BCUT2D eigenvalue weighted by Crippen LogP contribution is 2.42. The van der Waals surface area contributed by atoms with Crippen LogP contribution in [0.4, 0.5) is 0 Å². The van der Waals surface area contributed by atoms with Gasteiger partial charge in [-0.25, -0.2) is 0 Å². The Morgan fingerprint density at radius 1 is 1.39 bits per heavy atom. The molecule has 1 atom stereocenters. The van der Waals surface area contributed by atoms with Gasteiger partial charge in [-0.05, 0) is 42.9 Å². The van der Waals surface area contributed by atoms with Gasteiger partial charge in [-0.3, -0.25) is 4.68 Å². The Kier molecular flexibility index (Phi) is 4.14. The highest BCUT2D eigenvalue weighted by molar-refractivity contribution is 9.10. The van der Waals surface area contributed by atoms with Crippen molar-refractivity contribution in [1.82, 2.24) is 14.7 Å². The molecule has 2 N–H and O–H groups in total. The number of rotatable bonds is 3. The van der Waals surface area contributed by atoms with Crippen molar-refractivity contribution in [3.05, 3.63) is 16.4 Å². The smallest absolute Gasteiger partial charge is 0.0709 e. The summed E-state index contributed by atoms with van der Waals surface area (Å²) in [6.07, 6.45) is 8.02. The normalized spacial score (nSPS) is 21.2. The van der Waals surface area contributed by atoms with Gasteiger partial charge in [-0.2, -0.15) is 5.10 Å². The molecular formula is C13H23BrN4. The Bertz CT molecular complexity index is 388. The van der Waals surface area contributed by atoms with E-state index in [0.29, 0.717) is 0 Å². The summed E-state index contributed by atoms with van der Waals surface area (Å²) in [5.74, 6) is 0. The summed E-state index contributed by atoms with van der Waals surface area (Å²) in [6, 6.07) is -0.00493. The van der Waals surface area contributed by atoms with E-state index >= 15 is 0 Å². The number of likely N-dealkylation sites (N-methyl/N-ethyl adjacent to an activating group) is 1. The van der Waals surface area contributed by atoms with Crippen molar-refractivity contribution in [2.75, 3.05) is 14.1 Å². The Labute approximate surface area is 118 Å². The SMILES string of the molecule is CN(C)C1(C(N)c2c(Br)cnn2C)CCCCC1. The lowest BCUT2D eigenvalue weighted by atomic mass is 9.74. The maximum Gasteiger partial charge on any atom is 0.0709 e. The van der Waals surface area contributed by atoms with Crippen molar-refractivity contribution in [3.8, 4) is 0 Å². The van der Waals surface area contributed by atoms with Crippen molar-refractivity contribution in [2.24, 2.45) is 12.8 Å². The second-order valence-corrected chi connectivity index (χ2v) is 6.39. The third kappa shape index (κ3) is 2.24. The average molecular weight is 315 g/mol. The van der Waals surface area contributed by atoms with Crippen LogP contribution in [-0.4, -0.2) is 34.3 Å². The van der Waals surface area contributed by atoms with Gasteiger partial charge in [0.2, 0.25) is 0 Å². The second-order valence-electron chi connectivity index (χ2n) is 5.54. The molecule has 1 saturated carbocycles. The van der Waals surface area contributed by atoms with Crippen LogP contribution in [0.1, 0.15) is 43.8 Å². The molecule has 2 rings (SSSR count). The van der Waals surface area contributed by atoms with Crippen LogP contribution < -0.4 is 5.73 Å². The molecule has 1 aromatic heterocycles. The van der Waals surface area contributed by atoms with Crippen molar-refractivity contribution in [1.29, 1.82) is 0 Å². The zero-order valence-electron chi connectivity index (χ0n) is 11.5. The third-order valence-electron chi connectivity index (χ3n) is 4.42. The number of hydrogen-bond acceptors (Lipinski definition) is 3. The minimum Gasteiger partial charge on any atom is -0.321 e. The summed E-state index contributed by atoms with van der Waals surface area (Å²) in [4.78, 5) is 2.32. The summed E-state index contributed by atoms with van der Waals surface area (Å²) >= 11 is 3.58. The van der Waals surface area contributed by atoms with E-state index in [1.165, 1.54) is 32.1 Å². The lowest BCUT2D eigenvalue weighted by Crippen LogP contribution is -2.54. The van der Waals surface area contributed by atoms with Gasteiger partial charge in [0.05, 0.1) is 22.4 Å². The van der Waals surface area contributed by atoms with Crippen LogP contribution >= 0.6 is 15.9 Å². The average Bonchev–Trinajstić information content (AvgIpc) is 2.69. The molecule has 0 aliphatic heterocycles. The predicted octanol–water partition coefficient (Wildman–Crippen LogP) is 2.45. The summed E-state index contributed by atoms with van der Waals surface area (Å²) in [7, 11) is 6.26. The first-order valence-corrected chi connectivity index (χ1v) is 7.39. The Hall–Kier alpha value is -0.390. The lowest BCUT2D eigenvalue weighted by Gasteiger charge is -2.47. The molecule has 0 spiro atoms. The summed E-state index contributed by atoms with van der Waals surface area (Å²) in [5, 5.41) is 4.29. The van der Waals surface area contributed by atoms with Gasteiger partial charge in [0.15, 0.2) is 0 Å². The van der Waals surface area contributed by atoms with E-state index in [1.54, 1.807) is 0 Å². The zero-order valence-corrected chi connectivity index (χ0v) is 13.1. The molecule has 1 heterocycles. The molecular weight excluding hydrogens is 292 g/mol. The fraction of sp³-hybridized carbons (Fsp3) is 0.769. The van der Waals surface area contributed by atoms with Crippen molar-refractivity contribution >= 4 is 15.9 Å². The number of aromatic nitrogens is 2. The first kappa shape index (κ1) is 14.0. The maximum atomic E-state index is 6.62. The van der Waals surface area contributed by atoms with Gasteiger partial charge in [0.25, 0.3) is 0 Å². The quantitative estimate of drug-likeness (QED) is 0.932. The summed E-state index contributed by atoms with van der Waals surface area (Å²) < 4.78 is 2.92. The fourth-order valence-corrected chi connectivity index (χ4v) is 3.82. The highest BCUT2D eigenvalue weighted by Gasteiger charge is 2.42. The van der Waals surface area contributed by atoms with Crippen LogP contribution in [0.3, 0.4) is 0 Å². The van der Waals surface area contributed by atoms with E-state index in [9.17, 15) is 0 Å². The molecule has 0 amide bonds. The van der Waals surface area contributed by atoms with Crippen LogP contribution in [0, 0.1) is 0 Å². The van der Waals surface area contributed by atoms with Crippen LogP contribution in [0.5, 0.6) is 0 Å². The molecule has 1 unspecified atom stereocenters. The summed E-state index contributed by atoms with van der Waals surface area (Å²) in [6.45, 7) is 0. The van der Waals surface area contributed by atoms with Gasteiger partial charge >= 0.3 is 0 Å². The standard InChI is InChI=1S/C13H23BrN4/c1-17(2)13(7-5-4-6-8-13)12(15)11-10(14)9-16-18(11)3/h9,12H,4-8,15H2,1-3H3. The van der Waals surface area contributed by atoms with Gasteiger partial charge in [-0.1, -0.05) is 19.3 Å². The lowest BCUT2D eigenvalue weighted by molar-refractivity contribution is 0.0683. The van der Waals surface area contributed by atoms with E-state index in [4.69, 9.17) is 5.73 Å². The third-order valence-corrected chi connectivity index (χ3v) is 5.03. The Morgan fingerprint density at radius 3 is 2.44 bits per heavy atom. The van der Waals surface area contributed by atoms with Crippen molar-refractivity contribution in [3.63, 3.8) is 0 Å². The molecule has 0 saturated heterocycles. The predicted molar refractivity (Wildman–Crippen MR) is 77.3 cm³/mol. The Balaban J connectivity index is 2.37. The molecule has 1 aliphatic carbocycles. The van der Waals surface area contributed by atoms with E-state index in [1.807, 2.05) is 17.9 Å². The molecule has 1 fully saturated rings. The molecule has 1 aromatic rings. The molecule has 0 aromatic carbocycles. The summed E-state index contributed by atoms with van der Waals surface area (Å²) in [5.41, 5.74) is 7.79. The van der Waals surface area contributed by atoms with Gasteiger partial charge < -0.3 is 10.6 Å². The Morgan fingerprint density at radius 2 is 2.00 bits per heavy atom. The van der Waals surface area contributed by atoms with E-state index < -0.39 is 0 Å². The van der Waals surface area contributed by atoms with Crippen LogP contribution in [-0.2, 0) is 7.05 Å². The minimum absolute atomic E-state index is 0.00493. The molecule has 0 bridgehead atoms. The molecule has 18 heavy (non-hydrogen) atoms. The highest BCUT2D eigenvalue weighted by atomic mass is 79.9. The van der Waals surface area contributed by atoms with Gasteiger partial charge in [0, 0.05) is 12.6 Å². The molecule has 0 radical (unpaired) electrons. The number of aryl methyl sites for hydroxylation is 1. The number of hydrogen-bond donors (Lipinski definition) is 1. The largest absolute Gasteiger partial charge is 0.321 e. The van der Waals surface area contributed by atoms with E-state index in [2.05, 4.69) is 40.0 Å². The minimum atomic E-state index is -0.00493. The van der Waals surface area contributed by atoms with E-state index in [0.717, 1.165) is 10.2 Å². The fourth-order valence-electron chi connectivity index (χ4n) is 3.22. The number of halogens is 1. The molecule has 1 aliphatic rings. The number of nitrogens with zero attached hydrogens (tertiary/aromatic N) is 3. The van der Waals surface area contributed by atoms with E-state index in [-0.39, 0.29) is 11.6 Å². The number of nitrogens with two attached hydrogens (primary N) is 1. The van der Waals surface area contributed by atoms with Gasteiger partial charge in [-0.15, -0.1) is 0 Å². The topological polar surface area (TPSA) is 47.1 Å². The molecule has 5 heteroatoms. The van der Waals surface area contributed by atoms with Crippen LogP contribution in [0.15, 0.2) is 10.7 Å². The zero-order chi connectivity index (χ0) is 13.3. The van der Waals surface area contributed by atoms with Gasteiger partial charge in [0.1, 0.15) is 0 Å². The van der Waals surface area contributed by atoms with Crippen LogP contribution in [0.25, 0.3) is 0 Å². The maximum absolute atomic E-state index is 6.62. The first-order valence-electron chi connectivity index (χ1n) is 6.59. The van der Waals surface area contributed by atoms with Crippen molar-refractivity contribution < 1.29 is 0 Å². The monoisotopic (exact) mass is 314 g/mol. The second kappa shape index (κ2) is 5.31. The van der Waals surface area contributed by atoms with Crippen LogP contribution in [0.2, 0.25) is 0 Å². The molecule has 4 nitrogen and oxygen atoms in total. The first-order chi connectivity index (χ1) is 8.49.